The number of anilines is 2. The zero-order valence-electron chi connectivity index (χ0n) is 27.3. The predicted octanol–water partition coefficient (Wildman–Crippen LogP) is 2.98. The number of hydrogen-bond donors (Lipinski definition) is 5. The third-order valence-electron chi connectivity index (χ3n) is 7.64. The van der Waals surface area contributed by atoms with Crippen molar-refractivity contribution in [2.24, 2.45) is 5.92 Å². The fraction of sp³-hybridized carbons (Fsp3) is 0.387. The molecule has 3 aromatic heterocycles. The first-order valence-corrected chi connectivity index (χ1v) is 15.6. The van der Waals surface area contributed by atoms with E-state index in [1.807, 2.05) is 32.0 Å². The third-order valence-corrected chi connectivity index (χ3v) is 7.92. The number of imidazole rings is 1. The second kappa shape index (κ2) is 15.4. The number of ether oxygens (including phenoxy) is 1. The number of alkyl halides is 3. The van der Waals surface area contributed by atoms with Gasteiger partial charge in [-0.05, 0) is 56.9 Å². The van der Waals surface area contributed by atoms with Gasteiger partial charge in [0, 0.05) is 18.8 Å². The molecule has 1 aliphatic carbocycles. The van der Waals surface area contributed by atoms with Gasteiger partial charge in [0.15, 0.2) is 40.1 Å². The second-order valence-corrected chi connectivity index (χ2v) is 11.8. The summed E-state index contributed by atoms with van der Waals surface area (Å²) in [5, 5.41) is 20.0. The number of carboxylic acids is 1. The highest BCUT2D eigenvalue weighted by Crippen LogP contribution is 2.33. The van der Waals surface area contributed by atoms with E-state index in [1.165, 1.54) is 4.90 Å². The normalized spacial score (nSPS) is 12.6. The summed E-state index contributed by atoms with van der Waals surface area (Å²) < 4.78 is 42.0. The summed E-state index contributed by atoms with van der Waals surface area (Å²) in [7, 11) is 1.64. The molecular formula is C31H36ClF3N9O6+. The number of halogens is 4. The molecule has 15 nitrogen and oxygen atoms in total. The number of carboxylic acid groups (broad SMARTS) is 1. The molecule has 50 heavy (non-hydrogen) atoms. The maximum atomic E-state index is 13.0. The van der Waals surface area contributed by atoms with E-state index in [-0.39, 0.29) is 53.8 Å². The molecule has 268 valence electrons. The summed E-state index contributed by atoms with van der Waals surface area (Å²) in [6, 6.07) is 8.97. The lowest BCUT2D eigenvalue weighted by molar-refractivity contribution is -0.676. The minimum atomic E-state index is -5.08. The van der Waals surface area contributed by atoms with Gasteiger partial charge in [0.05, 0.1) is 19.6 Å². The molecule has 2 amide bonds. The van der Waals surface area contributed by atoms with Crippen molar-refractivity contribution in [1.82, 2.24) is 29.7 Å². The van der Waals surface area contributed by atoms with Crippen LogP contribution in [0.4, 0.5) is 24.8 Å². The van der Waals surface area contributed by atoms with E-state index in [4.69, 9.17) is 37.7 Å². The number of aromatic nitrogens is 5. The van der Waals surface area contributed by atoms with Crippen LogP contribution in [0.15, 0.2) is 30.3 Å². The highest BCUT2D eigenvalue weighted by Gasteiger charge is 2.38. The Kier molecular flexibility index (Phi) is 11.6. The Bertz CT molecular complexity index is 1920. The standard InChI is InChI=1S/C29H34ClN9O4.C2HF3O2/c1-4-38-20-9-8-18(43-15-24(41)37(3)14-19-22(40)10-5-16(2)34-19)11-21(20)39(13-17-6-7-17)23(38)12-33-29(42)25-27(31)36-28(32)26(30)35-25;3-2(4,5)1(6)7/h5,8-11,17H,4,6-7,12-15H2,1-3H3,(H5-,31,32,33,36,40,42);(H,6,7)/p+1. The fourth-order valence-electron chi connectivity index (χ4n) is 4.91. The maximum Gasteiger partial charge on any atom is 0.490 e. The zero-order chi connectivity index (χ0) is 36.9. The van der Waals surface area contributed by atoms with E-state index < -0.39 is 18.1 Å². The molecular weight excluding hydrogens is 687 g/mol. The number of aromatic hydroxyl groups is 1. The van der Waals surface area contributed by atoms with Gasteiger partial charge in [0.1, 0.15) is 23.7 Å². The van der Waals surface area contributed by atoms with Gasteiger partial charge < -0.3 is 36.6 Å². The predicted molar refractivity (Wildman–Crippen MR) is 174 cm³/mol. The summed E-state index contributed by atoms with van der Waals surface area (Å²) in [6.07, 6.45) is -2.81. The lowest BCUT2D eigenvalue weighted by Crippen LogP contribution is -2.40. The van der Waals surface area contributed by atoms with Gasteiger partial charge in [-0.25, -0.2) is 23.9 Å². The van der Waals surface area contributed by atoms with Crippen LogP contribution >= 0.6 is 11.6 Å². The maximum absolute atomic E-state index is 13.0. The number of carbonyl (C=O) groups excluding carboxylic acids is 2. The minimum absolute atomic E-state index is 0.0397. The molecule has 0 unspecified atom stereocenters. The van der Waals surface area contributed by atoms with Crippen molar-refractivity contribution in [3.05, 3.63) is 58.4 Å². The van der Waals surface area contributed by atoms with Crippen molar-refractivity contribution in [2.75, 3.05) is 25.1 Å². The molecule has 19 heteroatoms. The number of nitrogens with two attached hydrogens (primary N) is 2. The highest BCUT2D eigenvalue weighted by molar-refractivity contribution is 6.31. The van der Waals surface area contributed by atoms with Crippen LogP contribution in [0.1, 0.15) is 47.5 Å². The number of likely N-dealkylation sites (N-methyl/N-ethyl adjacent to an activating group) is 1. The number of nitrogens with zero attached hydrogens (tertiary/aromatic N) is 6. The Hall–Kier alpha value is -5.39. The van der Waals surface area contributed by atoms with Gasteiger partial charge in [-0.2, -0.15) is 13.2 Å². The van der Waals surface area contributed by atoms with Gasteiger partial charge in [-0.15, -0.1) is 0 Å². The Morgan fingerprint density at radius 1 is 1.14 bits per heavy atom. The number of fused-ring (bicyclic) bond motifs is 1. The van der Waals surface area contributed by atoms with Crippen molar-refractivity contribution in [1.29, 1.82) is 0 Å². The van der Waals surface area contributed by atoms with E-state index in [1.54, 1.807) is 19.2 Å². The lowest BCUT2D eigenvalue weighted by Gasteiger charge is -2.18. The van der Waals surface area contributed by atoms with Crippen LogP contribution in [-0.4, -0.2) is 72.2 Å². The first-order chi connectivity index (χ1) is 23.5. The average molecular weight is 723 g/mol. The van der Waals surface area contributed by atoms with E-state index in [2.05, 4.69) is 29.4 Å². The third kappa shape index (κ3) is 9.19. The molecule has 0 bridgehead atoms. The molecule has 0 saturated heterocycles. The van der Waals surface area contributed by atoms with Crippen LogP contribution in [0.25, 0.3) is 11.0 Å². The largest absolute Gasteiger partial charge is 0.506 e. The number of nitrogen functional groups attached to an aromatic ring is 2. The van der Waals surface area contributed by atoms with Crippen LogP contribution in [-0.2, 0) is 35.8 Å². The summed E-state index contributed by atoms with van der Waals surface area (Å²) in [4.78, 5) is 48.4. The molecule has 3 heterocycles. The van der Waals surface area contributed by atoms with Crippen molar-refractivity contribution in [3.63, 3.8) is 0 Å². The molecule has 1 fully saturated rings. The molecule has 0 atom stereocenters. The monoisotopic (exact) mass is 722 g/mol. The summed E-state index contributed by atoms with van der Waals surface area (Å²) in [6.45, 7) is 5.49. The zero-order valence-corrected chi connectivity index (χ0v) is 28.0. The summed E-state index contributed by atoms with van der Waals surface area (Å²) >= 11 is 5.97. The fourth-order valence-corrected chi connectivity index (χ4v) is 5.03. The van der Waals surface area contributed by atoms with E-state index in [0.29, 0.717) is 23.9 Å². The number of carbonyl (C=O) groups is 3. The van der Waals surface area contributed by atoms with Crippen molar-refractivity contribution < 1.29 is 47.1 Å². The Morgan fingerprint density at radius 2 is 1.82 bits per heavy atom. The molecule has 0 aliphatic heterocycles. The van der Waals surface area contributed by atoms with E-state index >= 15 is 0 Å². The lowest BCUT2D eigenvalue weighted by atomic mass is 10.2. The van der Waals surface area contributed by atoms with Gasteiger partial charge in [-0.3, -0.25) is 14.6 Å². The number of hydrogen-bond acceptors (Lipinski definition) is 10. The average Bonchev–Trinajstić information content (AvgIpc) is 3.83. The Labute approximate surface area is 288 Å². The first-order valence-electron chi connectivity index (χ1n) is 15.2. The number of rotatable bonds is 11. The van der Waals surface area contributed by atoms with Crippen molar-refractivity contribution in [2.45, 2.75) is 59.0 Å². The molecule has 1 aliphatic rings. The van der Waals surface area contributed by atoms with Crippen LogP contribution in [0, 0.1) is 12.8 Å². The minimum Gasteiger partial charge on any atom is -0.506 e. The molecule has 5 rings (SSSR count). The SMILES string of the molecule is CC[n+]1c(CNC(=O)c2nc(Cl)c(N)nc2N)n(CC2CC2)c2cc(OCC(=O)N(C)Cc3nc(C)ccc3O)ccc21.O=C(O)C(F)(F)F. The number of nitrogens with one attached hydrogen (secondary N) is 1. The van der Waals surface area contributed by atoms with Crippen LogP contribution < -0.4 is 26.1 Å². The Balaban J connectivity index is 0.000000727. The second-order valence-electron chi connectivity index (χ2n) is 11.4. The van der Waals surface area contributed by atoms with Crippen LogP contribution in [0.3, 0.4) is 0 Å². The molecule has 0 spiro atoms. The number of aryl methyl sites for hydroxylation is 2. The van der Waals surface area contributed by atoms with Gasteiger partial charge in [0.25, 0.3) is 17.6 Å². The summed E-state index contributed by atoms with van der Waals surface area (Å²) in [5.41, 5.74) is 14.5. The Morgan fingerprint density at radius 3 is 2.44 bits per heavy atom. The molecule has 1 aromatic carbocycles. The van der Waals surface area contributed by atoms with Crippen LogP contribution in [0.2, 0.25) is 5.15 Å². The topological polar surface area (TPSA) is 216 Å². The molecule has 4 aromatic rings. The first kappa shape index (κ1) is 37.4. The number of amides is 2. The van der Waals surface area contributed by atoms with Crippen LogP contribution in [0.5, 0.6) is 11.5 Å². The van der Waals surface area contributed by atoms with E-state index in [0.717, 1.165) is 41.9 Å². The molecule has 1 saturated carbocycles. The smallest absolute Gasteiger partial charge is 0.490 e. The highest BCUT2D eigenvalue weighted by atomic mass is 35.5. The van der Waals surface area contributed by atoms with Crippen molar-refractivity contribution in [3.8, 4) is 11.5 Å². The van der Waals surface area contributed by atoms with Gasteiger partial charge in [-0.1, -0.05) is 11.6 Å². The number of benzene rings is 1. The summed E-state index contributed by atoms with van der Waals surface area (Å²) in [5.74, 6) is -1.66. The quantitative estimate of drug-likeness (QED) is 0.142. The van der Waals surface area contributed by atoms with Gasteiger partial charge >= 0.3 is 12.1 Å². The number of pyridine rings is 1. The molecule has 7 N–H and O–H groups in total. The number of aliphatic carboxylic acids is 1. The molecule has 0 radical (unpaired) electrons. The van der Waals surface area contributed by atoms with Crippen molar-refractivity contribution >= 4 is 52.1 Å². The van der Waals surface area contributed by atoms with E-state index in [9.17, 15) is 27.9 Å². The van der Waals surface area contributed by atoms with Gasteiger partial charge in [0.2, 0.25) is 0 Å².